The van der Waals surface area contributed by atoms with Crippen molar-refractivity contribution in [3.63, 3.8) is 0 Å². The maximum absolute atomic E-state index is 11.3. The van der Waals surface area contributed by atoms with Crippen molar-refractivity contribution >= 4 is 16.1 Å². The van der Waals surface area contributed by atoms with E-state index in [0.29, 0.717) is 5.56 Å². The summed E-state index contributed by atoms with van der Waals surface area (Å²) in [5.41, 5.74) is 2.37. The normalized spacial score (nSPS) is 11.2. The monoisotopic (exact) mass is 260 g/mol. The second kappa shape index (κ2) is 4.74. The molecule has 92 valence electrons. The Labute approximate surface area is 106 Å². The molecule has 0 aromatic heterocycles. The first kappa shape index (κ1) is 12.5. The van der Waals surface area contributed by atoms with Crippen LogP contribution in [0.2, 0.25) is 0 Å². The molecule has 0 spiro atoms. The number of carbonyl (C=O) groups excluding carboxylic acids is 1. The average molecular weight is 260 g/mol. The van der Waals surface area contributed by atoms with Gasteiger partial charge in [-0.2, -0.15) is 0 Å². The Hall–Kier alpha value is -1.94. The molecule has 0 bridgehead atoms. The molecule has 18 heavy (non-hydrogen) atoms. The van der Waals surface area contributed by atoms with Crippen molar-refractivity contribution in [2.24, 2.45) is 0 Å². The second-order valence-corrected chi connectivity index (χ2v) is 6.06. The third kappa shape index (κ3) is 2.65. The lowest BCUT2D eigenvalue weighted by molar-refractivity contribution is 0.112. The molecule has 0 unspecified atom stereocenters. The maximum atomic E-state index is 11.3. The van der Waals surface area contributed by atoms with E-state index >= 15 is 0 Å². The van der Waals surface area contributed by atoms with Crippen LogP contribution in [0.3, 0.4) is 0 Å². The quantitative estimate of drug-likeness (QED) is 0.797. The Morgan fingerprint density at radius 2 is 1.61 bits per heavy atom. The third-order valence-electron chi connectivity index (χ3n) is 2.64. The number of hydrogen-bond donors (Lipinski definition) is 0. The van der Waals surface area contributed by atoms with Crippen LogP contribution in [-0.2, 0) is 9.84 Å². The second-order valence-electron chi connectivity index (χ2n) is 4.04. The lowest BCUT2D eigenvalue weighted by atomic mass is 10.0. The van der Waals surface area contributed by atoms with Crippen LogP contribution in [0.25, 0.3) is 11.1 Å². The lowest BCUT2D eigenvalue weighted by Crippen LogP contribution is -1.96. The predicted molar refractivity (Wildman–Crippen MR) is 70.4 cm³/mol. The third-order valence-corrected chi connectivity index (χ3v) is 3.77. The molecule has 4 heteroatoms. The van der Waals surface area contributed by atoms with Crippen molar-refractivity contribution in [2.75, 3.05) is 6.26 Å². The first-order chi connectivity index (χ1) is 8.50. The summed E-state index contributed by atoms with van der Waals surface area (Å²) in [6, 6.07) is 13.8. The van der Waals surface area contributed by atoms with Crippen molar-refractivity contribution in [1.29, 1.82) is 0 Å². The molecule has 0 atom stereocenters. The van der Waals surface area contributed by atoms with Gasteiger partial charge in [-0.05, 0) is 29.3 Å². The number of rotatable bonds is 3. The summed E-state index contributed by atoms with van der Waals surface area (Å²) >= 11 is 0. The smallest absolute Gasteiger partial charge is 0.175 e. The van der Waals surface area contributed by atoms with E-state index in [0.717, 1.165) is 17.4 Å². The summed E-state index contributed by atoms with van der Waals surface area (Å²) in [7, 11) is -3.17. The first-order valence-electron chi connectivity index (χ1n) is 5.36. The fraction of sp³-hybridized carbons (Fsp3) is 0.0714. The molecule has 0 amide bonds. The Kier molecular flexibility index (Phi) is 3.30. The van der Waals surface area contributed by atoms with Gasteiger partial charge in [0.25, 0.3) is 0 Å². The van der Waals surface area contributed by atoms with Crippen LogP contribution in [0.5, 0.6) is 0 Å². The lowest BCUT2D eigenvalue weighted by Gasteiger charge is -2.04. The van der Waals surface area contributed by atoms with E-state index in [9.17, 15) is 13.2 Å². The summed E-state index contributed by atoms with van der Waals surface area (Å²) in [6.45, 7) is 0. The number of sulfone groups is 1. The molecule has 0 aliphatic rings. The molecule has 3 nitrogen and oxygen atoms in total. The van der Waals surface area contributed by atoms with Gasteiger partial charge in [0.1, 0.15) is 6.29 Å². The standard InChI is InChI=1S/C14H12O3S/c1-18(16,17)14-7-5-12(6-8-14)13-4-2-3-11(9-13)10-15/h2-10H,1H3. The molecule has 0 aliphatic carbocycles. The van der Waals surface area contributed by atoms with Gasteiger partial charge in [0.2, 0.25) is 0 Å². The van der Waals surface area contributed by atoms with Gasteiger partial charge >= 0.3 is 0 Å². The molecule has 0 saturated carbocycles. The molecule has 0 fully saturated rings. The van der Waals surface area contributed by atoms with E-state index in [1.54, 1.807) is 42.5 Å². The van der Waals surface area contributed by atoms with Gasteiger partial charge in [-0.15, -0.1) is 0 Å². The van der Waals surface area contributed by atoms with Crippen molar-refractivity contribution in [1.82, 2.24) is 0 Å². The number of aldehydes is 1. The largest absolute Gasteiger partial charge is 0.298 e. The number of carbonyl (C=O) groups is 1. The molecule has 0 radical (unpaired) electrons. The van der Waals surface area contributed by atoms with Crippen LogP contribution in [0.4, 0.5) is 0 Å². The highest BCUT2D eigenvalue weighted by atomic mass is 32.2. The zero-order chi connectivity index (χ0) is 13.2. The summed E-state index contributed by atoms with van der Waals surface area (Å²) in [6.07, 6.45) is 1.96. The number of hydrogen-bond acceptors (Lipinski definition) is 3. The van der Waals surface area contributed by atoms with Gasteiger partial charge in [-0.25, -0.2) is 8.42 Å². The highest BCUT2D eigenvalue weighted by Crippen LogP contribution is 2.21. The number of benzene rings is 2. The van der Waals surface area contributed by atoms with Crippen LogP contribution >= 0.6 is 0 Å². The zero-order valence-electron chi connectivity index (χ0n) is 9.83. The van der Waals surface area contributed by atoms with Crippen LogP contribution < -0.4 is 0 Å². The molecular weight excluding hydrogens is 248 g/mol. The fourth-order valence-electron chi connectivity index (χ4n) is 1.69. The summed E-state index contributed by atoms with van der Waals surface area (Å²) in [5, 5.41) is 0. The molecule has 0 heterocycles. The highest BCUT2D eigenvalue weighted by Gasteiger charge is 2.06. The van der Waals surface area contributed by atoms with Gasteiger partial charge in [-0.3, -0.25) is 4.79 Å². The summed E-state index contributed by atoms with van der Waals surface area (Å²) in [5.74, 6) is 0. The Morgan fingerprint density at radius 1 is 0.944 bits per heavy atom. The van der Waals surface area contributed by atoms with Crippen molar-refractivity contribution in [2.45, 2.75) is 4.90 Å². The average Bonchev–Trinajstić information content (AvgIpc) is 2.38. The van der Waals surface area contributed by atoms with Gasteiger partial charge in [-0.1, -0.05) is 30.3 Å². The molecule has 2 rings (SSSR count). The maximum Gasteiger partial charge on any atom is 0.175 e. The Bertz CT molecular complexity index is 670. The minimum Gasteiger partial charge on any atom is -0.298 e. The topological polar surface area (TPSA) is 51.2 Å². The Morgan fingerprint density at radius 3 is 2.17 bits per heavy atom. The molecule has 2 aromatic carbocycles. The van der Waals surface area contributed by atoms with Gasteiger partial charge < -0.3 is 0 Å². The van der Waals surface area contributed by atoms with Crippen LogP contribution in [0.15, 0.2) is 53.4 Å². The minimum absolute atomic E-state index is 0.290. The van der Waals surface area contributed by atoms with Gasteiger partial charge in [0.15, 0.2) is 9.84 Å². The van der Waals surface area contributed by atoms with E-state index in [-0.39, 0.29) is 4.90 Å². The van der Waals surface area contributed by atoms with Gasteiger partial charge in [0, 0.05) is 11.8 Å². The molecule has 0 N–H and O–H groups in total. The fourth-order valence-corrected chi connectivity index (χ4v) is 2.32. The van der Waals surface area contributed by atoms with Crippen LogP contribution in [0.1, 0.15) is 10.4 Å². The summed E-state index contributed by atoms with van der Waals surface area (Å²) < 4.78 is 22.7. The van der Waals surface area contributed by atoms with Crippen LogP contribution in [0, 0.1) is 0 Å². The van der Waals surface area contributed by atoms with E-state index in [1.807, 2.05) is 6.07 Å². The van der Waals surface area contributed by atoms with Gasteiger partial charge in [0.05, 0.1) is 4.90 Å². The predicted octanol–water partition coefficient (Wildman–Crippen LogP) is 2.57. The Balaban J connectivity index is 2.43. The minimum atomic E-state index is -3.17. The van der Waals surface area contributed by atoms with E-state index < -0.39 is 9.84 Å². The van der Waals surface area contributed by atoms with Crippen molar-refractivity contribution < 1.29 is 13.2 Å². The SMILES string of the molecule is CS(=O)(=O)c1ccc(-c2cccc(C=O)c2)cc1. The molecule has 2 aromatic rings. The molecule has 0 aliphatic heterocycles. The van der Waals surface area contributed by atoms with Crippen molar-refractivity contribution in [3.05, 3.63) is 54.1 Å². The highest BCUT2D eigenvalue weighted by molar-refractivity contribution is 7.90. The first-order valence-corrected chi connectivity index (χ1v) is 7.25. The van der Waals surface area contributed by atoms with E-state index in [2.05, 4.69) is 0 Å². The zero-order valence-corrected chi connectivity index (χ0v) is 10.6. The van der Waals surface area contributed by atoms with E-state index in [4.69, 9.17) is 0 Å². The molecular formula is C14H12O3S. The van der Waals surface area contributed by atoms with Crippen LogP contribution in [-0.4, -0.2) is 21.0 Å². The molecule has 0 saturated heterocycles. The van der Waals surface area contributed by atoms with E-state index in [1.165, 1.54) is 6.26 Å². The van der Waals surface area contributed by atoms with Crippen molar-refractivity contribution in [3.8, 4) is 11.1 Å². The summed E-state index contributed by atoms with van der Waals surface area (Å²) in [4.78, 5) is 11.0.